The van der Waals surface area contributed by atoms with E-state index in [0.717, 1.165) is 25.8 Å². The van der Waals surface area contributed by atoms with Crippen molar-refractivity contribution in [1.29, 1.82) is 0 Å². The zero-order chi connectivity index (χ0) is 21.3. The lowest BCUT2D eigenvalue weighted by atomic mass is 9.82. The summed E-state index contributed by atoms with van der Waals surface area (Å²) in [6.45, 7) is 0.886. The quantitative estimate of drug-likeness (QED) is 0.539. The number of hydrogen-bond donors (Lipinski definition) is 4. The van der Waals surface area contributed by atoms with E-state index in [1.807, 2.05) is 0 Å². The molecule has 160 valence electrons. The fraction of sp³-hybridized carbons (Fsp3) is 0.350. The number of anilines is 1. The maximum Gasteiger partial charge on any atom is 0.263 e. The summed E-state index contributed by atoms with van der Waals surface area (Å²) in [5.74, 6) is 0.155. The van der Waals surface area contributed by atoms with Gasteiger partial charge in [-0.15, -0.1) is 0 Å². The number of halogens is 2. The summed E-state index contributed by atoms with van der Waals surface area (Å²) in [7, 11) is -3.99. The number of amides is 1. The van der Waals surface area contributed by atoms with Gasteiger partial charge in [0.15, 0.2) is 0 Å². The average molecular weight is 469 g/mol. The molecule has 1 amide bonds. The molecule has 2 aliphatic rings. The lowest BCUT2D eigenvalue weighted by Gasteiger charge is -2.33. The minimum Gasteiger partial charge on any atom is -0.348 e. The van der Waals surface area contributed by atoms with Crippen molar-refractivity contribution in [3.63, 3.8) is 0 Å². The molecule has 2 fully saturated rings. The Labute approximate surface area is 185 Å². The van der Waals surface area contributed by atoms with Crippen LogP contribution in [0.4, 0.5) is 5.69 Å². The summed E-state index contributed by atoms with van der Waals surface area (Å²) in [5, 5.41) is 3.57. The van der Waals surface area contributed by atoms with Crippen LogP contribution in [0.3, 0.4) is 0 Å². The Morgan fingerprint density at radius 3 is 2.60 bits per heavy atom. The molecular weight excluding hydrogens is 447 g/mol. The van der Waals surface area contributed by atoms with Crippen molar-refractivity contribution < 1.29 is 13.2 Å². The summed E-state index contributed by atoms with van der Waals surface area (Å²) in [5.41, 5.74) is 6.98. The lowest BCUT2D eigenvalue weighted by molar-refractivity contribution is 0.0909. The highest BCUT2D eigenvalue weighted by Gasteiger charge is 2.37. The molecule has 30 heavy (non-hydrogen) atoms. The first-order valence-electron chi connectivity index (χ1n) is 9.71. The zero-order valence-corrected chi connectivity index (χ0v) is 18.3. The standard InChI is InChI=1S/C20H22Cl2N4O3S/c21-14-5-7-15(8-6-14)26-30(28,29)18-10-12(4-9-16(18)22)20(27)24-17-3-1-2-13-11-23-25-19(13)17/h4-10,13,17,19,23,25-26H,1-3,11H2,(H,24,27). The fourth-order valence-corrected chi connectivity index (χ4v) is 5.75. The molecule has 1 aliphatic carbocycles. The number of carbonyl (C=O) groups excluding carboxylic acids is 1. The van der Waals surface area contributed by atoms with Crippen molar-refractivity contribution in [3.8, 4) is 0 Å². The molecule has 10 heteroatoms. The maximum absolute atomic E-state index is 12.9. The predicted octanol–water partition coefficient (Wildman–Crippen LogP) is 3.17. The number of fused-ring (bicyclic) bond motifs is 1. The second-order valence-corrected chi connectivity index (χ2v) is 10.1. The van der Waals surface area contributed by atoms with Gasteiger partial charge in [-0.05, 0) is 61.2 Å². The van der Waals surface area contributed by atoms with Gasteiger partial charge in [0.25, 0.3) is 15.9 Å². The number of carbonyl (C=O) groups is 1. The van der Waals surface area contributed by atoms with E-state index in [1.165, 1.54) is 18.2 Å². The second kappa shape index (κ2) is 8.72. The third kappa shape index (κ3) is 4.58. The molecule has 2 aromatic rings. The Kier molecular flexibility index (Phi) is 6.22. The normalized spacial score (nSPS) is 23.6. The van der Waals surface area contributed by atoms with Gasteiger partial charge in [-0.2, -0.15) is 0 Å². The Bertz CT molecular complexity index is 1050. The predicted molar refractivity (Wildman–Crippen MR) is 117 cm³/mol. The molecule has 0 aromatic heterocycles. The van der Waals surface area contributed by atoms with Crippen LogP contribution < -0.4 is 20.9 Å². The highest BCUT2D eigenvalue weighted by Crippen LogP contribution is 2.28. The molecule has 1 heterocycles. The summed E-state index contributed by atoms with van der Waals surface area (Å²) in [4.78, 5) is 12.7. The van der Waals surface area contributed by atoms with Crippen LogP contribution in [-0.2, 0) is 10.0 Å². The molecule has 4 N–H and O–H groups in total. The van der Waals surface area contributed by atoms with E-state index in [2.05, 4.69) is 20.9 Å². The summed E-state index contributed by atoms with van der Waals surface area (Å²) in [6.07, 6.45) is 3.04. The van der Waals surface area contributed by atoms with Crippen molar-refractivity contribution in [2.45, 2.75) is 36.2 Å². The van der Waals surface area contributed by atoms with Crippen LogP contribution in [-0.4, -0.2) is 33.0 Å². The molecule has 0 bridgehead atoms. The molecule has 1 aliphatic heterocycles. The van der Waals surface area contributed by atoms with Gasteiger partial charge in [0.2, 0.25) is 0 Å². The van der Waals surface area contributed by atoms with Gasteiger partial charge in [0.1, 0.15) is 4.90 Å². The maximum atomic E-state index is 12.9. The van der Waals surface area contributed by atoms with E-state index in [9.17, 15) is 13.2 Å². The first-order valence-corrected chi connectivity index (χ1v) is 11.9. The molecule has 0 radical (unpaired) electrons. The van der Waals surface area contributed by atoms with E-state index >= 15 is 0 Å². The summed E-state index contributed by atoms with van der Waals surface area (Å²) in [6, 6.07) is 10.7. The third-order valence-corrected chi connectivity index (χ3v) is 7.68. The minimum absolute atomic E-state index is 0.0193. The summed E-state index contributed by atoms with van der Waals surface area (Å²) < 4.78 is 28.1. The fourth-order valence-electron chi connectivity index (χ4n) is 4.04. The molecule has 1 saturated carbocycles. The van der Waals surface area contributed by atoms with Crippen LogP contribution in [0.5, 0.6) is 0 Å². The highest BCUT2D eigenvalue weighted by atomic mass is 35.5. The van der Waals surface area contributed by atoms with Crippen LogP contribution in [0.1, 0.15) is 29.6 Å². The molecule has 0 spiro atoms. The van der Waals surface area contributed by atoms with Crippen molar-refractivity contribution in [2.24, 2.45) is 5.92 Å². The highest BCUT2D eigenvalue weighted by molar-refractivity contribution is 7.92. The van der Waals surface area contributed by atoms with E-state index in [4.69, 9.17) is 23.2 Å². The van der Waals surface area contributed by atoms with Gasteiger partial charge in [0, 0.05) is 34.9 Å². The molecule has 3 atom stereocenters. The first-order chi connectivity index (χ1) is 14.3. The van der Waals surface area contributed by atoms with E-state index in [0.29, 0.717) is 16.6 Å². The average Bonchev–Trinajstić information content (AvgIpc) is 3.19. The van der Waals surface area contributed by atoms with E-state index in [1.54, 1.807) is 24.3 Å². The van der Waals surface area contributed by atoms with Crippen molar-refractivity contribution in [1.82, 2.24) is 16.2 Å². The first kappa shape index (κ1) is 21.4. The van der Waals surface area contributed by atoms with Crippen molar-refractivity contribution in [3.05, 3.63) is 58.1 Å². The number of rotatable bonds is 5. The monoisotopic (exact) mass is 468 g/mol. The number of benzene rings is 2. The van der Waals surface area contributed by atoms with Gasteiger partial charge in [-0.1, -0.05) is 29.6 Å². The Morgan fingerprint density at radius 1 is 1.07 bits per heavy atom. The molecule has 1 saturated heterocycles. The van der Waals surface area contributed by atoms with Crippen molar-refractivity contribution in [2.75, 3.05) is 11.3 Å². The van der Waals surface area contributed by atoms with Crippen LogP contribution >= 0.6 is 23.2 Å². The van der Waals surface area contributed by atoms with Crippen LogP contribution in [0.2, 0.25) is 10.0 Å². The lowest BCUT2D eigenvalue weighted by Crippen LogP contribution is -2.53. The Morgan fingerprint density at radius 2 is 1.83 bits per heavy atom. The topological polar surface area (TPSA) is 99.3 Å². The van der Waals surface area contributed by atoms with Crippen molar-refractivity contribution >= 4 is 44.8 Å². The molecular formula is C20H22Cl2N4O3S. The Hall–Kier alpha value is -1.84. The van der Waals surface area contributed by atoms with E-state index in [-0.39, 0.29) is 33.5 Å². The van der Waals surface area contributed by atoms with Gasteiger partial charge in [-0.3, -0.25) is 20.4 Å². The van der Waals surface area contributed by atoms with Crippen LogP contribution in [0.15, 0.2) is 47.4 Å². The number of hydrogen-bond acceptors (Lipinski definition) is 5. The smallest absolute Gasteiger partial charge is 0.263 e. The SMILES string of the molecule is O=C(NC1CCCC2CNNC21)c1ccc(Cl)c(S(=O)(=O)Nc2ccc(Cl)cc2)c1. The van der Waals surface area contributed by atoms with Crippen LogP contribution in [0, 0.1) is 5.92 Å². The van der Waals surface area contributed by atoms with Gasteiger partial charge in [0.05, 0.1) is 5.02 Å². The second-order valence-electron chi connectivity index (χ2n) is 7.58. The molecule has 3 unspecified atom stereocenters. The van der Waals surface area contributed by atoms with Gasteiger partial charge >= 0.3 is 0 Å². The molecule has 4 rings (SSSR count). The Balaban J connectivity index is 1.53. The number of nitrogens with one attached hydrogen (secondary N) is 4. The molecule has 2 aromatic carbocycles. The van der Waals surface area contributed by atoms with Gasteiger partial charge < -0.3 is 5.32 Å². The van der Waals surface area contributed by atoms with E-state index < -0.39 is 10.0 Å². The zero-order valence-electron chi connectivity index (χ0n) is 16.0. The minimum atomic E-state index is -3.99. The largest absolute Gasteiger partial charge is 0.348 e. The van der Waals surface area contributed by atoms with Gasteiger partial charge in [-0.25, -0.2) is 8.42 Å². The molecule has 7 nitrogen and oxygen atoms in total. The van der Waals surface area contributed by atoms with Crippen LogP contribution in [0.25, 0.3) is 0 Å². The summed E-state index contributed by atoms with van der Waals surface area (Å²) >= 11 is 12.0. The number of hydrazine groups is 1. The number of sulfonamides is 1. The third-order valence-electron chi connectivity index (χ3n) is 5.56.